The molecular formula is C21H19N3O4. The Balaban J connectivity index is 1.95. The van der Waals surface area contributed by atoms with Crippen molar-refractivity contribution in [3.05, 3.63) is 99.2 Å². The summed E-state index contributed by atoms with van der Waals surface area (Å²) in [4.78, 5) is 27.3. The molecule has 7 heteroatoms. The molecule has 0 N–H and O–H groups in total. The molecule has 0 atom stereocenters. The quantitative estimate of drug-likeness (QED) is 0.503. The average molecular weight is 377 g/mol. The van der Waals surface area contributed by atoms with Gasteiger partial charge in [-0.15, -0.1) is 0 Å². The van der Waals surface area contributed by atoms with Crippen molar-refractivity contribution in [2.75, 3.05) is 7.11 Å². The van der Waals surface area contributed by atoms with Crippen molar-refractivity contribution in [3.8, 4) is 5.75 Å². The zero-order chi connectivity index (χ0) is 20.1. The highest BCUT2D eigenvalue weighted by atomic mass is 16.6. The first-order valence-corrected chi connectivity index (χ1v) is 8.60. The van der Waals surface area contributed by atoms with Gasteiger partial charge in [0.1, 0.15) is 5.49 Å². The summed E-state index contributed by atoms with van der Waals surface area (Å²) in [7, 11) is 1.34. The van der Waals surface area contributed by atoms with E-state index in [2.05, 4.69) is 4.99 Å². The van der Waals surface area contributed by atoms with Crippen molar-refractivity contribution < 1.29 is 14.5 Å². The number of methoxy groups -OCH3 is 1. The summed E-state index contributed by atoms with van der Waals surface area (Å²) >= 11 is 0. The topological polar surface area (TPSA) is 86.7 Å². The monoisotopic (exact) mass is 377 g/mol. The molecule has 0 saturated carbocycles. The number of hydrogen-bond acceptors (Lipinski definition) is 4. The Bertz CT molecular complexity index is 1090. The fourth-order valence-corrected chi connectivity index (χ4v) is 2.73. The van der Waals surface area contributed by atoms with Crippen molar-refractivity contribution in [1.29, 1.82) is 0 Å². The predicted molar refractivity (Wildman–Crippen MR) is 104 cm³/mol. The first-order valence-electron chi connectivity index (χ1n) is 8.60. The molecule has 2 aromatic carbocycles. The third kappa shape index (κ3) is 4.32. The van der Waals surface area contributed by atoms with Crippen LogP contribution in [0.3, 0.4) is 0 Å². The molecular weight excluding hydrogens is 358 g/mol. The van der Waals surface area contributed by atoms with Crippen molar-refractivity contribution >= 4 is 11.6 Å². The minimum atomic E-state index is -0.588. The number of nitro benzene ring substituents is 1. The lowest BCUT2D eigenvalue weighted by Crippen LogP contribution is -2.22. The van der Waals surface area contributed by atoms with Crippen LogP contribution in [-0.2, 0) is 6.54 Å². The van der Waals surface area contributed by atoms with Crippen molar-refractivity contribution in [2.24, 2.45) is 4.99 Å². The number of benzene rings is 2. The maximum absolute atomic E-state index is 12.6. The molecule has 0 spiro atoms. The number of aryl methyl sites for hydroxylation is 1. The Labute approximate surface area is 161 Å². The van der Waals surface area contributed by atoms with Crippen LogP contribution in [-0.4, -0.2) is 22.5 Å². The van der Waals surface area contributed by atoms with E-state index in [9.17, 15) is 14.9 Å². The fourth-order valence-electron chi connectivity index (χ4n) is 2.73. The van der Waals surface area contributed by atoms with E-state index < -0.39 is 10.8 Å². The molecule has 0 aliphatic carbocycles. The van der Waals surface area contributed by atoms with Gasteiger partial charge in [0.2, 0.25) is 0 Å². The number of carbonyl (C=O) groups is 1. The van der Waals surface area contributed by atoms with Crippen LogP contribution >= 0.6 is 0 Å². The van der Waals surface area contributed by atoms with E-state index >= 15 is 0 Å². The number of hydrogen-bond donors (Lipinski definition) is 0. The van der Waals surface area contributed by atoms with Gasteiger partial charge in [-0.25, -0.2) is 0 Å². The number of ether oxygens (including phenoxy) is 1. The highest BCUT2D eigenvalue weighted by Crippen LogP contribution is 2.27. The van der Waals surface area contributed by atoms with Crippen LogP contribution < -0.4 is 10.2 Å². The fraction of sp³-hybridized carbons (Fsp3) is 0.143. The second-order valence-corrected chi connectivity index (χ2v) is 6.23. The molecule has 1 amide bonds. The molecule has 3 aromatic rings. The van der Waals surface area contributed by atoms with Gasteiger partial charge in [0.15, 0.2) is 5.75 Å². The van der Waals surface area contributed by atoms with Crippen molar-refractivity contribution in [2.45, 2.75) is 13.5 Å². The van der Waals surface area contributed by atoms with Crippen LogP contribution in [0.25, 0.3) is 0 Å². The van der Waals surface area contributed by atoms with Crippen LogP contribution in [0.15, 0.2) is 71.9 Å². The summed E-state index contributed by atoms with van der Waals surface area (Å²) in [5.41, 5.74) is 2.56. The molecule has 0 aliphatic heterocycles. The van der Waals surface area contributed by atoms with Gasteiger partial charge in [0, 0.05) is 24.4 Å². The maximum atomic E-state index is 12.6. The largest absolute Gasteiger partial charge is 0.490 e. The van der Waals surface area contributed by atoms with E-state index in [1.807, 2.05) is 48.0 Å². The van der Waals surface area contributed by atoms with Gasteiger partial charge < -0.3 is 9.30 Å². The van der Waals surface area contributed by atoms with Gasteiger partial charge in [-0.1, -0.05) is 35.9 Å². The van der Waals surface area contributed by atoms with E-state index in [0.717, 1.165) is 5.56 Å². The summed E-state index contributed by atoms with van der Waals surface area (Å²) in [5.74, 6) is -0.467. The average Bonchev–Trinajstić information content (AvgIpc) is 2.70. The molecule has 28 heavy (non-hydrogen) atoms. The standard InChI is InChI=1S/C21H19N3O4/c1-15-6-8-16(9-7-15)14-23-12-4-3-5-20(23)22-21(25)17-10-11-19(28-2)18(13-17)24(26)27/h3-13H,14H2,1-2H3. The van der Waals surface area contributed by atoms with Crippen LogP contribution in [0.2, 0.25) is 0 Å². The first kappa shape index (κ1) is 19.0. The minimum absolute atomic E-state index is 0.0932. The number of carbonyl (C=O) groups excluding carboxylic acids is 1. The number of pyridine rings is 1. The van der Waals surface area contributed by atoms with E-state index in [0.29, 0.717) is 12.0 Å². The van der Waals surface area contributed by atoms with Gasteiger partial charge >= 0.3 is 5.69 Å². The number of amides is 1. The highest BCUT2D eigenvalue weighted by Gasteiger charge is 2.18. The molecule has 7 nitrogen and oxygen atoms in total. The van der Waals surface area contributed by atoms with Crippen LogP contribution in [0, 0.1) is 17.0 Å². The summed E-state index contributed by atoms with van der Waals surface area (Å²) in [6.07, 6.45) is 1.84. The highest BCUT2D eigenvalue weighted by molar-refractivity contribution is 5.95. The third-order valence-electron chi connectivity index (χ3n) is 4.23. The van der Waals surface area contributed by atoms with Gasteiger partial charge in [-0.2, -0.15) is 4.99 Å². The molecule has 0 unspecified atom stereocenters. The van der Waals surface area contributed by atoms with E-state index in [1.54, 1.807) is 12.1 Å². The molecule has 0 bridgehead atoms. The zero-order valence-electron chi connectivity index (χ0n) is 15.5. The number of nitrogens with zero attached hydrogens (tertiary/aromatic N) is 3. The molecule has 0 fully saturated rings. The number of aromatic nitrogens is 1. The van der Waals surface area contributed by atoms with E-state index in [1.165, 1.54) is 30.9 Å². The Kier molecular flexibility index (Phi) is 5.64. The van der Waals surface area contributed by atoms with Crippen molar-refractivity contribution in [3.63, 3.8) is 0 Å². The van der Waals surface area contributed by atoms with Gasteiger partial charge in [0.05, 0.1) is 12.0 Å². The second-order valence-electron chi connectivity index (χ2n) is 6.23. The molecule has 0 aliphatic rings. The minimum Gasteiger partial charge on any atom is -0.490 e. The summed E-state index contributed by atoms with van der Waals surface area (Å²) < 4.78 is 6.81. The van der Waals surface area contributed by atoms with Gasteiger partial charge in [0.25, 0.3) is 5.91 Å². The van der Waals surface area contributed by atoms with Gasteiger partial charge in [-0.05, 0) is 36.8 Å². The SMILES string of the molecule is COc1ccc(C(=O)N=c2ccccn2Cc2ccc(C)cc2)cc1[N+](=O)[O-]. The van der Waals surface area contributed by atoms with Crippen LogP contribution in [0.5, 0.6) is 5.75 Å². The summed E-state index contributed by atoms with van der Waals surface area (Å²) in [6.45, 7) is 2.57. The summed E-state index contributed by atoms with van der Waals surface area (Å²) in [5, 5.41) is 11.2. The lowest BCUT2D eigenvalue weighted by atomic mass is 10.1. The molecule has 0 radical (unpaired) electrons. The Hall–Kier alpha value is -3.74. The zero-order valence-corrected chi connectivity index (χ0v) is 15.5. The molecule has 1 heterocycles. The number of nitro groups is 1. The Morgan fingerprint density at radius 1 is 1.14 bits per heavy atom. The Morgan fingerprint density at radius 3 is 2.57 bits per heavy atom. The first-order chi connectivity index (χ1) is 13.5. The van der Waals surface area contributed by atoms with Crippen LogP contribution in [0.1, 0.15) is 21.5 Å². The van der Waals surface area contributed by atoms with Gasteiger partial charge in [-0.3, -0.25) is 14.9 Å². The van der Waals surface area contributed by atoms with E-state index in [-0.39, 0.29) is 17.0 Å². The Morgan fingerprint density at radius 2 is 1.89 bits per heavy atom. The lowest BCUT2D eigenvalue weighted by molar-refractivity contribution is -0.385. The third-order valence-corrected chi connectivity index (χ3v) is 4.23. The van der Waals surface area contributed by atoms with Crippen molar-refractivity contribution in [1.82, 2.24) is 4.57 Å². The molecule has 1 aromatic heterocycles. The maximum Gasteiger partial charge on any atom is 0.311 e. The second kappa shape index (κ2) is 8.30. The lowest BCUT2D eigenvalue weighted by Gasteiger charge is -2.08. The molecule has 0 saturated heterocycles. The number of rotatable bonds is 5. The molecule has 3 rings (SSSR count). The summed E-state index contributed by atoms with van der Waals surface area (Å²) in [6, 6.07) is 17.5. The van der Waals surface area contributed by atoms with E-state index in [4.69, 9.17) is 4.74 Å². The molecule has 142 valence electrons. The normalized spacial score (nSPS) is 11.3. The smallest absolute Gasteiger partial charge is 0.311 e. The van der Waals surface area contributed by atoms with Crippen LogP contribution in [0.4, 0.5) is 5.69 Å². The predicted octanol–water partition coefficient (Wildman–Crippen LogP) is 3.50.